The van der Waals surface area contributed by atoms with Gasteiger partial charge in [-0.3, -0.25) is 4.79 Å². The highest BCUT2D eigenvalue weighted by Crippen LogP contribution is 2.20. The van der Waals surface area contributed by atoms with Crippen LogP contribution in [0.15, 0.2) is 15.2 Å². The van der Waals surface area contributed by atoms with Crippen LogP contribution in [0.4, 0.5) is 0 Å². The zero-order chi connectivity index (χ0) is 9.68. The van der Waals surface area contributed by atoms with E-state index in [0.717, 1.165) is 9.35 Å². The average molecular weight is 263 g/mol. The maximum Gasteiger partial charge on any atom is 0.221 e. The SMILES string of the molecule is NCCC(=O)NCc1csc(Br)c1. The highest BCUT2D eigenvalue weighted by atomic mass is 79.9. The standard InChI is InChI=1S/C8H11BrN2OS/c9-7-3-6(5-13-7)4-11-8(12)1-2-10/h3,5H,1-2,4,10H2,(H,11,12). The molecule has 5 heteroatoms. The molecule has 13 heavy (non-hydrogen) atoms. The van der Waals surface area contributed by atoms with Gasteiger partial charge in [0.2, 0.25) is 5.91 Å². The maximum absolute atomic E-state index is 11.0. The van der Waals surface area contributed by atoms with Crippen molar-refractivity contribution in [3.63, 3.8) is 0 Å². The van der Waals surface area contributed by atoms with Crippen LogP contribution in [0.25, 0.3) is 0 Å². The molecule has 0 aromatic carbocycles. The molecule has 0 fully saturated rings. The molecule has 1 aromatic rings. The summed E-state index contributed by atoms with van der Waals surface area (Å²) in [7, 11) is 0. The van der Waals surface area contributed by atoms with Crippen molar-refractivity contribution in [2.75, 3.05) is 6.54 Å². The predicted molar refractivity (Wildman–Crippen MR) is 57.5 cm³/mol. The van der Waals surface area contributed by atoms with E-state index in [1.807, 2.05) is 11.4 Å². The molecule has 1 heterocycles. The summed E-state index contributed by atoms with van der Waals surface area (Å²) in [4.78, 5) is 11.0. The van der Waals surface area contributed by atoms with Crippen molar-refractivity contribution < 1.29 is 4.79 Å². The molecule has 1 aromatic heterocycles. The number of carbonyl (C=O) groups excluding carboxylic acids is 1. The van der Waals surface area contributed by atoms with E-state index in [2.05, 4.69) is 21.2 Å². The summed E-state index contributed by atoms with van der Waals surface area (Å²) in [6, 6.07) is 1.99. The number of hydrogen-bond donors (Lipinski definition) is 2. The molecule has 72 valence electrons. The van der Waals surface area contributed by atoms with Crippen molar-refractivity contribution >= 4 is 33.2 Å². The molecule has 1 amide bonds. The summed E-state index contributed by atoms with van der Waals surface area (Å²) < 4.78 is 1.08. The van der Waals surface area contributed by atoms with E-state index in [1.165, 1.54) is 0 Å². The van der Waals surface area contributed by atoms with Crippen LogP contribution < -0.4 is 11.1 Å². The molecule has 0 aliphatic carbocycles. The highest BCUT2D eigenvalue weighted by molar-refractivity contribution is 9.11. The fourth-order valence-corrected chi connectivity index (χ4v) is 2.07. The van der Waals surface area contributed by atoms with Crippen LogP contribution in [0.1, 0.15) is 12.0 Å². The molecule has 1 rings (SSSR count). The van der Waals surface area contributed by atoms with E-state index < -0.39 is 0 Å². The third-order valence-electron chi connectivity index (χ3n) is 1.48. The van der Waals surface area contributed by atoms with Crippen molar-refractivity contribution in [3.8, 4) is 0 Å². The minimum atomic E-state index is 0.00447. The third kappa shape index (κ3) is 3.89. The molecule has 0 saturated heterocycles. The lowest BCUT2D eigenvalue weighted by Gasteiger charge is -2.01. The van der Waals surface area contributed by atoms with E-state index in [9.17, 15) is 4.79 Å². The van der Waals surface area contributed by atoms with Crippen LogP contribution in [0, 0.1) is 0 Å². The molecule has 0 atom stereocenters. The van der Waals surface area contributed by atoms with Crippen molar-refractivity contribution in [2.45, 2.75) is 13.0 Å². The average Bonchev–Trinajstić information content (AvgIpc) is 2.49. The number of nitrogens with two attached hydrogens (primary N) is 1. The van der Waals surface area contributed by atoms with E-state index in [4.69, 9.17) is 5.73 Å². The topological polar surface area (TPSA) is 55.1 Å². The van der Waals surface area contributed by atoms with Crippen LogP contribution >= 0.6 is 27.3 Å². The first-order chi connectivity index (χ1) is 6.22. The van der Waals surface area contributed by atoms with Gasteiger partial charge in [-0.1, -0.05) is 0 Å². The first-order valence-corrected chi connectivity index (χ1v) is 5.59. The summed E-state index contributed by atoms with van der Waals surface area (Å²) in [6.45, 7) is 0.986. The molecule has 3 nitrogen and oxygen atoms in total. The molecule has 0 saturated carbocycles. The molecule has 0 radical (unpaired) electrons. The van der Waals surface area contributed by atoms with Crippen LogP contribution in [-0.2, 0) is 11.3 Å². The Morgan fingerprint density at radius 1 is 1.69 bits per heavy atom. The molecule has 0 unspecified atom stereocenters. The van der Waals surface area contributed by atoms with Gasteiger partial charge in [0.05, 0.1) is 3.79 Å². The van der Waals surface area contributed by atoms with Gasteiger partial charge in [-0.05, 0) is 32.9 Å². The van der Waals surface area contributed by atoms with Gasteiger partial charge in [0.15, 0.2) is 0 Å². The molecule has 0 spiro atoms. The molecular weight excluding hydrogens is 252 g/mol. The van der Waals surface area contributed by atoms with Crippen molar-refractivity contribution in [3.05, 3.63) is 20.8 Å². The van der Waals surface area contributed by atoms with E-state index >= 15 is 0 Å². The molecular formula is C8H11BrN2OS. The lowest BCUT2D eigenvalue weighted by Crippen LogP contribution is -2.24. The van der Waals surface area contributed by atoms with Gasteiger partial charge in [-0.15, -0.1) is 11.3 Å². The van der Waals surface area contributed by atoms with Crippen LogP contribution in [0.3, 0.4) is 0 Å². The zero-order valence-corrected chi connectivity index (χ0v) is 9.45. The molecule has 0 aliphatic rings. The number of thiophene rings is 1. The predicted octanol–water partition coefficient (Wildman–Crippen LogP) is 1.48. The highest BCUT2D eigenvalue weighted by Gasteiger charge is 2.00. The van der Waals surface area contributed by atoms with Gasteiger partial charge in [0.25, 0.3) is 0 Å². The Kier molecular flexibility index (Phi) is 4.41. The zero-order valence-electron chi connectivity index (χ0n) is 7.05. The van der Waals surface area contributed by atoms with Crippen LogP contribution in [0.5, 0.6) is 0 Å². The van der Waals surface area contributed by atoms with Gasteiger partial charge in [0, 0.05) is 19.5 Å². The summed E-state index contributed by atoms with van der Waals surface area (Å²) in [6.07, 6.45) is 0.394. The second-order valence-electron chi connectivity index (χ2n) is 2.57. The first kappa shape index (κ1) is 10.7. The van der Waals surface area contributed by atoms with Gasteiger partial charge < -0.3 is 11.1 Å². The second-order valence-corrected chi connectivity index (χ2v) is 4.86. The number of amides is 1. The molecule has 0 bridgehead atoms. The Labute approximate surface area is 89.5 Å². The number of hydrogen-bond acceptors (Lipinski definition) is 3. The van der Waals surface area contributed by atoms with Crippen LogP contribution in [0.2, 0.25) is 0 Å². The summed E-state index contributed by atoms with van der Waals surface area (Å²) >= 11 is 4.97. The molecule has 3 N–H and O–H groups in total. The van der Waals surface area contributed by atoms with Crippen molar-refractivity contribution in [1.29, 1.82) is 0 Å². The minimum Gasteiger partial charge on any atom is -0.352 e. The fourth-order valence-electron chi connectivity index (χ4n) is 0.859. The van der Waals surface area contributed by atoms with Gasteiger partial charge in [0.1, 0.15) is 0 Å². The van der Waals surface area contributed by atoms with Crippen molar-refractivity contribution in [1.82, 2.24) is 5.32 Å². The number of rotatable bonds is 4. The Bertz CT molecular complexity index is 287. The van der Waals surface area contributed by atoms with Gasteiger partial charge >= 0.3 is 0 Å². The monoisotopic (exact) mass is 262 g/mol. The van der Waals surface area contributed by atoms with Gasteiger partial charge in [-0.2, -0.15) is 0 Å². The summed E-state index contributed by atoms with van der Waals surface area (Å²) in [5, 5.41) is 4.79. The Balaban J connectivity index is 2.30. The number of carbonyl (C=O) groups is 1. The minimum absolute atomic E-state index is 0.00447. The Morgan fingerprint density at radius 3 is 3.00 bits per heavy atom. The largest absolute Gasteiger partial charge is 0.352 e. The maximum atomic E-state index is 11.0. The van der Waals surface area contributed by atoms with E-state index in [-0.39, 0.29) is 5.91 Å². The quantitative estimate of drug-likeness (QED) is 0.864. The third-order valence-corrected chi connectivity index (χ3v) is 3.04. The summed E-state index contributed by atoms with van der Waals surface area (Å²) in [5.74, 6) is 0.00447. The fraction of sp³-hybridized carbons (Fsp3) is 0.375. The Morgan fingerprint density at radius 2 is 2.46 bits per heavy atom. The Hall–Kier alpha value is -0.390. The van der Waals surface area contributed by atoms with E-state index in [0.29, 0.717) is 19.5 Å². The number of halogens is 1. The first-order valence-electron chi connectivity index (χ1n) is 3.92. The second kappa shape index (κ2) is 5.36. The number of nitrogens with one attached hydrogen (secondary N) is 1. The summed E-state index contributed by atoms with van der Waals surface area (Å²) in [5.41, 5.74) is 6.35. The van der Waals surface area contributed by atoms with Crippen molar-refractivity contribution in [2.24, 2.45) is 5.73 Å². The van der Waals surface area contributed by atoms with Crippen LogP contribution in [-0.4, -0.2) is 12.5 Å². The molecule has 0 aliphatic heterocycles. The van der Waals surface area contributed by atoms with E-state index in [1.54, 1.807) is 11.3 Å². The van der Waals surface area contributed by atoms with Gasteiger partial charge in [-0.25, -0.2) is 0 Å². The smallest absolute Gasteiger partial charge is 0.221 e. The lowest BCUT2D eigenvalue weighted by atomic mass is 10.3. The lowest BCUT2D eigenvalue weighted by molar-refractivity contribution is -0.121. The normalized spacial score (nSPS) is 10.0.